The summed E-state index contributed by atoms with van der Waals surface area (Å²) in [6.07, 6.45) is 1.89. The maximum atomic E-state index is 6.19. The maximum absolute atomic E-state index is 6.19. The molecular weight excluding hydrogens is 308 g/mol. The zero-order chi connectivity index (χ0) is 15.8. The summed E-state index contributed by atoms with van der Waals surface area (Å²) in [7, 11) is -0.477. The van der Waals surface area contributed by atoms with E-state index in [0.717, 1.165) is 11.0 Å². The molecule has 1 aromatic carbocycles. The molecular formula is C15H20BCl2NO2. The van der Waals surface area contributed by atoms with Gasteiger partial charge in [-0.05, 0) is 56.9 Å². The molecule has 6 heteroatoms. The molecule has 1 aliphatic rings. The van der Waals surface area contributed by atoms with Gasteiger partial charge in [0.05, 0.1) is 11.2 Å². The minimum absolute atomic E-state index is 0.319. The Kier molecular flexibility index (Phi) is 4.76. The lowest BCUT2D eigenvalue weighted by molar-refractivity contribution is 0.00578. The first-order valence-electron chi connectivity index (χ1n) is 6.87. The van der Waals surface area contributed by atoms with Gasteiger partial charge in [0, 0.05) is 16.6 Å². The third-order valence-electron chi connectivity index (χ3n) is 4.09. The molecule has 0 amide bonds. The molecule has 3 nitrogen and oxygen atoms in total. The van der Waals surface area contributed by atoms with Crippen LogP contribution in [0.2, 0.25) is 10.0 Å². The van der Waals surface area contributed by atoms with Crippen LogP contribution in [-0.2, 0) is 9.31 Å². The van der Waals surface area contributed by atoms with Crippen molar-refractivity contribution in [3.8, 4) is 0 Å². The van der Waals surface area contributed by atoms with Gasteiger partial charge in [0.2, 0.25) is 0 Å². The summed E-state index contributed by atoms with van der Waals surface area (Å²) in [4.78, 5) is 0. The number of hydrogen-bond donors (Lipinski definition) is 1. The van der Waals surface area contributed by atoms with E-state index in [2.05, 4.69) is 0 Å². The van der Waals surface area contributed by atoms with Crippen molar-refractivity contribution in [1.82, 2.24) is 0 Å². The molecule has 2 N–H and O–H groups in total. The van der Waals surface area contributed by atoms with Crippen LogP contribution in [0.1, 0.15) is 33.3 Å². The van der Waals surface area contributed by atoms with Gasteiger partial charge in [0.15, 0.2) is 0 Å². The predicted molar refractivity (Wildman–Crippen MR) is 89.6 cm³/mol. The van der Waals surface area contributed by atoms with Crippen molar-refractivity contribution in [2.75, 3.05) is 6.54 Å². The minimum atomic E-state index is -0.477. The molecule has 114 valence electrons. The van der Waals surface area contributed by atoms with Crippen LogP contribution < -0.4 is 5.73 Å². The van der Waals surface area contributed by atoms with Crippen molar-refractivity contribution in [2.24, 2.45) is 5.73 Å². The fourth-order valence-corrected chi connectivity index (χ4v) is 2.40. The van der Waals surface area contributed by atoms with Crippen molar-refractivity contribution in [3.63, 3.8) is 0 Å². The molecule has 1 aliphatic heterocycles. The van der Waals surface area contributed by atoms with Crippen molar-refractivity contribution in [2.45, 2.75) is 38.9 Å². The monoisotopic (exact) mass is 327 g/mol. The third-order valence-corrected chi connectivity index (χ3v) is 4.67. The van der Waals surface area contributed by atoms with Gasteiger partial charge in [-0.3, -0.25) is 0 Å². The summed E-state index contributed by atoms with van der Waals surface area (Å²) in [5.74, 6) is 0. The summed E-state index contributed by atoms with van der Waals surface area (Å²) in [6, 6.07) is 5.30. The Morgan fingerprint density at radius 3 is 2.29 bits per heavy atom. The lowest BCUT2D eigenvalue weighted by Crippen LogP contribution is -2.41. The molecule has 0 saturated carbocycles. The zero-order valence-corrected chi connectivity index (χ0v) is 14.3. The second kappa shape index (κ2) is 5.94. The van der Waals surface area contributed by atoms with Crippen LogP contribution in [-0.4, -0.2) is 24.9 Å². The van der Waals surface area contributed by atoms with E-state index < -0.39 is 18.3 Å². The maximum Gasteiger partial charge on any atom is 0.491 e. The molecule has 1 fully saturated rings. The summed E-state index contributed by atoms with van der Waals surface area (Å²) >= 11 is 12.2. The quantitative estimate of drug-likeness (QED) is 0.854. The molecule has 1 heterocycles. The number of nitrogens with two attached hydrogens (primary N) is 1. The molecule has 1 saturated heterocycles. The van der Waals surface area contributed by atoms with Gasteiger partial charge in [0.1, 0.15) is 0 Å². The van der Waals surface area contributed by atoms with Crippen LogP contribution >= 0.6 is 23.2 Å². The van der Waals surface area contributed by atoms with Crippen molar-refractivity contribution >= 4 is 36.4 Å². The molecule has 21 heavy (non-hydrogen) atoms. The Bertz CT molecular complexity index is 557. The Morgan fingerprint density at radius 1 is 1.19 bits per heavy atom. The van der Waals surface area contributed by atoms with E-state index in [4.69, 9.17) is 38.2 Å². The lowest BCUT2D eigenvalue weighted by atomic mass is 9.77. The molecule has 2 rings (SSSR count). The van der Waals surface area contributed by atoms with E-state index in [1.54, 1.807) is 18.2 Å². The lowest BCUT2D eigenvalue weighted by Gasteiger charge is -2.32. The van der Waals surface area contributed by atoms with Gasteiger partial charge in [-0.1, -0.05) is 29.3 Å². The molecule has 0 radical (unpaired) electrons. The second-order valence-electron chi connectivity index (χ2n) is 6.18. The van der Waals surface area contributed by atoms with Crippen LogP contribution in [0.4, 0.5) is 0 Å². The van der Waals surface area contributed by atoms with Crippen molar-refractivity contribution in [1.29, 1.82) is 0 Å². The van der Waals surface area contributed by atoms with Crippen LogP contribution in [0.3, 0.4) is 0 Å². The third kappa shape index (κ3) is 3.46. The van der Waals surface area contributed by atoms with E-state index in [1.807, 2.05) is 33.8 Å². The average molecular weight is 328 g/mol. The van der Waals surface area contributed by atoms with Crippen LogP contribution in [0.15, 0.2) is 23.7 Å². The summed E-state index contributed by atoms with van der Waals surface area (Å²) < 4.78 is 12.0. The Balaban J connectivity index is 2.33. The highest BCUT2D eigenvalue weighted by atomic mass is 35.5. The topological polar surface area (TPSA) is 44.5 Å². The van der Waals surface area contributed by atoms with Crippen LogP contribution in [0.5, 0.6) is 0 Å². The standard InChI is InChI=1S/C15H20BCl2NO2/c1-14(2)15(3,4)21-16(20-14)11(9-19)7-10-8-12(17)5-6-13(10)18/h5-8H,9,19H2,1-4H3. The first-order valence-corrected chi connectivity index (χ1v) is 7.63. The average Bonchev–Trinajstić information content (AvgIpc) is 2.59. The van der Waals surface area contributed by atoms with E-state index in [-0.39, 0.29) is 0 Å². The highest BCUT2D eigenvalue weighted by Crippen LogP contribution is 2.39. The number of rotatable bonds is 3. The molecule has 0 aromatic heterocycles. The fraction of sp³-hybridized carbons (Fsp3) is 0.467. The Morgan fingerprint density at radius 2 is 1.76 bits per heavy atom. The van der Waals surface area contributed by atoms with Gasteiger partial charge in [-0.2, -0.15) is 0 Å². The van der Waals surface area contributed by atoms with Crippen molar-refractivity contribution in [3.05, 3.63) is 39.3 Å². The van der Waals surface area contributed by atoms with Gasteiger partial charge in [-0.25, -0.2) is 0 Å². The number of benzene rings is 1. The van der Waals surface area contributed by atoms with E-state index in [9.17, 15) is 0 Å². The summed E-state index contributed by atoms with van der Waals surface area (Å²) in [6.45, 7) is 8.35. The van der Waals surface area contributed by atoms with Gasteiger partial charge < -0.3 is 15.0 Å². The highest BCUT2D eigenvalue weighted by Gasteiger charge is 2.52. The van der Waals surface area contributed by atoms with Gasteiger partial charge >= 0.3 is 7.12 Å². The second-order valence-corrected chi connectivity index (χ2v) is 7.02. The molecule has 0 bridgehead atoms. The van der Waals surface area contributed by atoms with Crippen molar-refractivity contribution < 1.29 is 9.31 Å². The normalized spacial score (nSPS) is 20.9. The zero-order valence-electron chi connectivity index (χ0n) is 12.7. The van der Waals surface area contributed by atoms with E-state index in [1.165, 1.54) is 0 Å². The molecule has 0 spiro atoms. The van der Waals surface area contributed by atoms with Gasteiger partial charge in [0.25, 0.3) is 0 Å². The SMILES string of the molecule is CC1(C)OB(C(=Cc2cc(Cl)ccc2Cl)CN)OC1(C)C. The van der Waals surface area contributed by atoms with Crippen LogP contribution in [0, 0.1) is 0 Å². The van der Waals surface area contributed by atoms with E-state index >= 15 is 0 Å². The summed E-state index contributed by atoms with van der Waals surface area (Å²) in [5, 5.41) is 1.23. The fourth-order valence-electron chi connectivity index (χ4n) is 2.04. The Hall–Kier alpha value is -0.515. The number of halogens is 2. The van der Waals surface area contributed by atoms with E-state index in [0.29, 0.717) is 16.6 Å². The van der Waals surface area contributed by atoms with Crippen LogP contribution in [0.25, 0.3) is 6.08 Å². The first kappa shape index (κ1) is 16.8. The Labute approximate surface area is 136 Å². The predicted octanol–water partition coefficient (Wildman–Crippen LogP) is 3.97. The molecule has 0 aliphatic carbocycles. The smallest absolute Gasteiger partial charge is 0.400 e. The minimum Gasteiger partial charge on any atom is -0.400 e. The highest BCUT2D eigenvalue weighted by molar-refractivity contribution is 6.56. The number of hydrogen-bond acceptors (Lipinski definition) is 3. The molecule has 0 unspecified atom stereocenters. The molecule has 1 aromatic rings. The molecule has 0 atom stereocenters. The first-order chi connectivity index (χ1) is 9.66. The van der Waals surface area contributed by atoms with Gasteiger partial charge in [-0.15, -0.1) is 0 Å². The summed E-state index contributed by atoms with van der Waals surface area (Å²) in [5.41, 5.74) is 6.70. The largest absolute Gasteiger partial charge is 0.491 e.